The summed E-state index contributed by atoms with van der Waals surface area (Å²) in [5.74, 6) is -1.06. The summed E-state index contributed by atoms with van der Waals surface area (Å²) < 4.78 is 5.03. The van der Waals surface area contributed by atoms with Gasteiger partial charge in [-0.3, -0.25) is 24.1 Å². The summed E-state index contributed by atoms with van der Waals surface area (Å²) >= 11 is 0.923. The van der Waals surface area contributed by atoms with E-state index < -0.39 is 11.8 Å². The molecule has 1 heterocycles. The van der Waals surface area contributed by atoms with E-state index in [-0.39, 0.29) is 36.5 Å². The van der Waals surface area contributed by atoms with E-state index in [0.717, 1.165) is 22.2 Å². The lowest BCUT2D eigenvalue weighted by Gasteiger charge is -2.13. The molecule has 4 amide bonds. The Hall–Kier alpha value is -2.55. The number of imide groups is 1. The molecule has 1 aromatic rings. The molecule has 128 valence electrons. The molecular formula is C15H17N3O5S. The van der Waals surface area contributed by atoms with Crippen LogP contribution in [0, 0.1) is 0 Å². The Morgan fingerprint density at radius 1 is 1.17 bits per heavy atom. The Kier molecular flexibility index (Phi) is 6.19. The van der Waals surface area contributed by atoms with E-state index in [1.54, 1.807) is 31.4 Å². The van der Waals surface area contributed by atoms with Gasteiger partial charge >= 0.3 is 11.8 Å². The number of thioether (sulfide) groups is 1. The van der Waals surface area contributed by atoms with Crippen LogP contribution >= 0.6 is 11.8 Å². The predicted octanol–water partition coefficient (Wildman–Crippen LogP) is 0.123. The normalized spacial score (nSPS) is 13.8. The minimum atomic E-state index is -0.810. The van der Waals surface area contributed by atoms with Crippen molar-refractivity contribution in [1.29, 1.82) is 0 Å². The van der Waals surface area contributed by atoms with Crippen molar-refractivity contribution in [2.75, 3.05) is 26.0 Å². The molecule has 1 aliphatic rings. The smallest absolute Gasteiger partial charge is 0.309 e. The maximum atomic E-state index is 11.7. The number of amides is 4. The molecule has 1 fully saturated rings. The third kappa shape index (κ3) is 4.72. The zero-order chi connectivity index (χ0) is 17.5. The van der Waals surface area contributed by atoms with Crippen molar-refractivity contribution in [1.82, 2.24) is 15.5 Å². The zero-order valence-electron chi connectivity index (χ0n) is 13.0. The number of nitrogens with one attached hydrogen (secondary N) is 2. The summed E-state index contributed by atoms with van der Waals surface area (Å²) in [4.78, 5) is 47.2. The summed E-state index contributed by atoms with van der Waals surface area (Å²) in [5.41, 5.74) is 0.822. The van der Waals surface area contributed by atoms with Gasteiger partial charge in [0.15, 0.2) is 0 Å². The molecule has 0 saturated carbocycles. The number of hydrogen-bond acceptors (Lipinski definition) is 6. The minimum Gasteiger partial charge on any atom is -0.497 e. The lowest BCUT2D eigenvalue weighted by molar-refractivity contribution is -0.139. The molecule has 24 heavy (non-hydrogen) atoms. The second kappa shape index (κ2) is 8.34. The standard InChI is InChI=1S/C15H17N3O5S/c1-23-11-4-2-10(3-5-11)8-17-14(21)13(20)16-6-7-18-12(19)9-24-15(18)22/h2-5H,6-9H2,1H3,(H,16,20)(H,17,21). The average molecular weight is 351 g/mol. The zero-order valence-corrected chi connectivity index (χ0v) is 13.9. The van der Waals surface area contributed by atoms with Crippen LogP contribution in [0.25, 0.3) is 0 Å². The van der Waals surface area contributed by atoms with E-state index in [1.165, 1.54) is 0 Å². The van der Waals surface area contributed by atoms with Crippen LogP contribution in [0.15, 0.2) is 24.3 Å². The molecule has 0 aliphatic carbocycles. The average Bonchev–Trinajstić information content (AvgIpc) is 2.91. The number of hydrogen-bond donors (Lipinski definition) is 2. The second-order valence-corrected chi connectivity index (χ2v) is 5.81. The molecular weight excluding hydrogens is 334 g/mol. The Morgan fingerprint density at radius 2 is 1.83 bits per heavy atom. The van der Waals surface area contributed by atoms with Gasteiger partial charge in [-0.25, -0.2) is 0 Å². The van der Waals surface area contributed by atoms with Crippen molar-refractivity contribution < 1.29 is 23.9 Å². The largest absolute Gasteiger partial charge is 0.497 e. The Balaban J connectivity index is 1.70. The summed E-state index contributed by atoms with van der Waals surface area (Å²) in [5, 5.41) is 4.53. The van der Waals surface area contributed by atoms with Gasteiger partial charge in [0.2, 0.25) is 5.91 Å². The van der Waals surface area contributed by atoms with Gasteiger partial charge in [0.05, 0.1) is 12.9 Å². The first-order valence-electron chi connectivity index (χ1n) is 7.17. The van der Waals surface area contributed by atoms with Gasteiger partial charge in [-0.1, -0.05) is 23.9 Å². The molecule has 0 atom stereocenters. The van der Waals surface area contributed by atoms with Gasteiger partial charge in [0, 0.05) is 19.6 Å². The van der Waals surface area contributed by atoms with Crippen LogP contribution in [0.5, 0.6) is 5.75 Å². The molecule has 0 unspecified atom stereocenters. The van der Waals surface area contributed by atoms with E-state index in [2.05, 4.69) is 10.6 Å². The minimum absolute atomic E-state index is 0.0346. The molecule has 0 spiro atoms. The van der Waals surface area contributed by atoms with Crippen molar-refractivity contribution in [2.45, 2.75) is 6.54 Å². The lowest BCUT2D eigenvalue weighted by Crippen LogP contribution is -2.43. The van der Waals surface area contributed by atoms with Crippen molar-refractivity contribution in [3.05, 3.63) is 29.8 Å². The number of nitrogens with zero attached hydrogens (tertiary/aromatic N) is 1. The van der Waals surface area contributed by atoms with Gasteiger partial charge in [0.25, 0.3) is 5.24 Å². The number of rotatable bonds is 6. The number of benzene rings is 1. The highest BCUT2D eigenvalue weighted by Gasteiger charge is 2.29. The number of carbonyl (C=O) groups is 4. The highest BCUT2D eigenvalue weighted by molar-refractivity contribution is 8.14. The number of methoxy groups -OCH3 is 1. The molecule has 2 N–H and O–H groups in total. The van der Waals surface area contributed by atoms with Crippen LogP contribution in [0.1, 0.15) is 5.56 Å². The second-order valence-electron chi connectivity index (χ2n) is 4.89. The number of carbonyl (C=O) groups excluding carboxylic acids is 4. The molecule has 0 radical (unpaired) electrons. The molecule has 0 bridgehead atoms. The third-order valence-electron chi connectivity index (χ3n) is 3.28. The summed E-state index contributed by atoms with van der Waals surface area (Å²) in [6, 6.07) is 7.06. The molecule has 0 aromatic heterocycles. The van der Waals surface area contributed by atoms with Gasteiger partial charge in [-0.15, -0.1) is 0 Å². The Bertz CT molecular complexity index is 631. The summed E-state index contributed by atoms with van der Waals surface area (Å²) in [6.07, 6.45) is 0. The Morgan fingerprint density at radius 3 is 2.42 bits per heavy atom. The number of ether oxygens (including phenoxy) is 1. The van der Waals surface area contributed by atoms with E-state index >= 15 is 0 Å². The monoisotopic (exact) mass is 351 g/mol. The molecule has 9 heteroatoms. The molecule has 1 saturated heterocycles. The first kappa shape index (κ1) is 17.8. The van der Waals surface area contributed by atoms with Gasteiger partial charge in [0.1, 0.15) is 5.75 Å². The van der Waals surface area contributed by atoms with Crippen molar-refractivity contribution in [3.63, 3.8) is 0 Å². The lowest BCUT2D eigenvalue weighted by atomic mass is 10.2. The predicted molar refractivity (Wildman–Crippen MR) is 87.4 cm³/mol. The van der Waals surface area contributed by atoms with E-state index in [4.69, 9.17) is 4.74 Å². The maximum Gasteiger partial charge on any atom is 0.309 e. The molecule has 1 aliphatic heterocycles. The van der Waals surface area contributed by atoms with E-state index in [9.17, 15) is 19.2 Å². The van der Waals surface area contributed by atoms with Crippen molar-refractivity contribution in [3.8, 4) is 5.75 Å². The molecule has 2 rings (SSSR count). The first-order chi connectivity index (χ1) is 11.5. The fourth-order valence-electron chi connectivity index (χ4n) is 1.96. The van der Waals surface area contributed by atoms with Gasteiger partial charge in [-0.2, -0.15) is 0 Å². The van der Waals surface area contributed by atoms with Gasteiger partial charge in [-0.05, 0) is 17.7 Å². The Labute approximate surface area is 142 Å². The van der Waals surface area contributed by atoms with Crippen molar-refractivity contribution >= 4 is 34.7 Å². The summed E-state index contributed by atoms with van der Waals surface area (Å²) in [7, 11) is 1.56. The van der Waals surface area contributed by atoms with Crippen molar-refractivity contribution in [2.24, 2.45) is 0 Å². The molecule has 8 nitrogen and oxygen atoms in total. The summed E-state index contributed by atoms with van der Waals surface area (Å²) in [6.45, 7) is 0.297. The maximum absolute atomic E-state index is 11.7. The van der Waals surface area contributed by atoms with E-state index in [1.807, 2.05) is 0 Å². The topological polar surface area (TPSA) is 105 Å². The van der Waals surface area contributed by atoms with Crippen LogP contribution in [-0.4, -0.2) is 53.8 Å². The fourth-order valence-corrected chi connectivity index (χ4v) is 2.72. The van der Waals surface area contributed by atoms with Crippen LogP contribution in [0.3, 0.4) is 0 Å². The van der Waals surface area contributed by atoms with Gasteiger partial charge < -0.3 is 15.4 Å². The van der Waals surface area contributed by atoms with Crippen LogP contribution in [-0.2, 0) is 20.9 Å². The molecule has 1 aromatic carbocycles. The third-order valence-corrected chi connectivity index (χ3v) is 4.14. The first-order valence-corrected chi connectivity index (χ1v) is 8.16. The highest BCUT2D eigenvalue weighted by atomic mass is 32.2. The SMILES string of the molecule is COc1ccc(CNC(=O)C(=O)NCCN2C(=O)CSC2=O)cc1. The van der Waals surface area contributed by atoms with E-state index in [0.29, 0.717) is 5.75 Å². The van der Waals surface area contributed by atoms with Crippen LogP contribution < -0.4 is 15.4 Å². The fraction of sp³-hybridized carbons (Fsp3) is 0.333. The van der Waals surface area contributed by atoms with Crippen LogP contribution in [0.4, 0.5) is 4.79 Å². The highest BCUT2D eigenvalue weighted by Crippen LogP contribution is 2.17. The van der Waals surface area contributed by atoms with Crippen LogP contribution in [0.2, 0.25) is 0 Å². The quantitative estimate of drug-likeness (QED) is 0.706.